The molecule has 3 aromatic rings. The van der Waals surface area contributed by atoms with E-state index in [0.29, 0.717) is 6.07 Å². The fourth-order valence-electron chi connectivity index (χ4n) is 2.18. The van der Waals surface area contributed by atoms with Gasteiger partial charge in [-0.2, -0.15) is 0 Å². The molecule has 7 heteroatoms. The summed E-state index contributed by atoms with van der Waals surface area (Å²) >= 11 is 5.72. The molecule has 0 aliphatic carbocycles. The lowest BCUT2D eigenvalue weighted by Gasteiger charge is -2.09. The van der Waals surface area contributed by atoms with E-state index in [1.165, 1.54) is 12.1 Å². The zero-order chi connectivity index (χ0) is 15.1. The van der Waals surface area contributed by atoms with Crippen LogP contribution in [0.2, 0.25) is 0 Å². The fraction of sp³-hybridized carbons (Fsp3) is 0.0714. The van der Waals surface area contributed by atoms with Crippen LogP contribution in [0.3, 0.4) is 0 Å². The van der Waals surface area contributed by atoms with Crippen LogP contribution in [0.5, 0.6) is 0 Å². The van der Waals surface area contributed by atoms with Crippen molar-refractivity contribution in [1.29, 1.82) is 0 Å². The third kappa shape index (κ3) is 2.15. The number of hydrogen-bond acceptors (Lipinski definition) is 1. The van der Waals surface area contributed by atoms with Gasteiger partial charge in [0.25, 0.3) is 0 Å². The largest absolute Gasteiger partial charge is 0.292 e. The van der Waals surface area contributed by atoms with E-state index in [4.69, 9.17) is 11.6 Å². The van der Waals surface area contributed by atoms with Crippen molar-refractivity contribution in [2.45, 2.75) is 5.88 Å². The Labute approximate surface area is 121 Å². The Hall–Kier alpha value is -2.08. The average molecular weight is 315 g/mol. The number of fused-ring (bicyclic) bond motifs is 1. The Kier molecular flexibility index (Phi) is 3.33. The highest BCUT2D eigenvalue weighted by Crippen LogP contribution is 2.27. The van der Waals surface area contributed by atoms with E-state index in [2.05, 4.69) is 4.98 Å². The second-order valence-corrected chi connectivity index (χ2v) is 4.59. The smallest absolute Gasteiger partial charge is 0.182 e. The molecule has 1 aromatic heterocycles. The van der Waals surface area contributed by atoms with Crippen LogP contribution in [0.4, 0.5) is 17.6 Å². The molecule has 0 aliphatic heterocycles. The molecule has 0 unspecified atom stereocenters. The van der Waals surface area contributed by atoms with Gasteiger partial charge in [0.2, 0.25) is 0 Å². The van der Waals surface area contributed by atoms with Crippen LogP contribution in [0.15, 0.2) is 30.3 Å². The SMILES string of the molecule is Fc1cc(F)c2nc(CCl)n(-c3cccc(F)c3F)c2c1. The Morgan fingerprint density at radius 1 is 1.05 bits per heavy atom. The first-order valence-electron chi connectivity index (χ1n) is 5.89. The Balaban J connectivity index is 2.43. The van der Waals surface area contributed by atoms with Gasteiger partial charge in [-0.25, -0.2) is 22.5 Å². The summed E-state index contributed by atoms with van der Waals surface area (Å²) in [7, 11) is 0. The summed E-state index contributed by atoms with van der Waals surface area (Å²) in [4.78, 5) is 3.92. The van der Waals surface area contributed by atoms with Gasteiger partial charge in [-0.3, -0.25) is 4.57 Å². The number of aromatic nitrogens is 2. The number of hydrogen-bond donors (Lipinski definition) is 0. The van der Waals surface area contributed by atoms with E-state index in [1.807, 2.05) is 0 Å². The Morgan fingerprint density at radius 2 is 1.81 bits per heavy atom. The van der Waals surface area contributed by atoms with Gasteiger partial charge in [0.05, 0.1) is 17.1 Å². The molecule has 0 saturated carbocycles. The first kappa shape index (κ1) is 13.9. The van der Waals surface area contributed by atoms with Gasteiger partial charge in [0.15, 0.2) is 17.5 Å². The molecule has 108 valence electrons. The van der Waals surface area contributed by atoms with E-state index < -0.39 is 23.3 Å². The van der Waals surface area contributed by atoms with Gasteiger partial charge in [-0.1, -0.05) is 6.07 Å². The molecule has 0 atom stereocenters. The number of halogens is 5. The third-order valence-corrected chi connectivity index (χ3v) is 3.28. The van der Waals surface area contributed by atoms with Crippen LogP contribution < -0.4 is 0 Å². The van der Waals surface area contributed by atoms with E-state index in [0.717, 1.165) is 16.7 Å². The topological polar surface area (TPSA) is 17.8 Å². The normalized spacial score (nSPS) is 11.3. The minimum atomic E-state index is -1.15. The summed E-state index contributed by atoms with van der Waals surface area (Å²) in [5.74, 6) is -4.06. The van der Waals surface area contributed by atoms with Gasteiger partial charge in [0, 0.05) is 12.1 Å². The van der Waals surface area contributed by atoms with Crippen molar-refractivity contribution in [3.8, 4) is 5.69 Å². The van der Waals surface area contributed by atoms with Crippen molar-refractivity contribution in [2.24, 2.45) is 0 Å². The quantitative estimate of drug-likeness (QED) is 0.509. The van der Waals surface area contributed by atoms with Gasteiger partial charge in [-0.15, -0.1) is 11.6 Å². The minimum Gasteiger partial charge on any atom is -0.292 e. The summed E-state index contributed by atoms with van der Waals surface area (Å²) in [6.45, 7) is 0. The molecule has 0 N–H and O–H groups in total. The molecule has 2 nitrogen and oxygen atoms in total. The van der Waals surface area contributed by atoms with E-state index in [9.17, 15) is 17.6 Å². The van der Waals surface area contributed by atoms with Crippen molar-refractivity contribution >= 4 is 22.6 Å². The molecule has 0 aliphatic rings. The van der Waals surface area contributed by atoms with Gasteiger partial charge >= 0.3 is 0 Å². The predicted molar refractivity (Wildman–Crippen MR) is 70.5 cm³/mol. The Morgan fingerprint density at radius 3 is 2.52 bits per heavy atom. The van der Waals surface area contributed by atoms with Crippen molar-refractivity contribution in [1.82, 2.24) is 9.55 Å². The number of nitrogens with zero attached hydrogens (tertiary/aromatic N) is 2. The summed E-state index contributed by atoms with van der Waals surface area (Å²) in [6.07, 6.45) is 0. The standard InChI is InChI=1S/C14H7ClF4N2/c15-6-12-20-14-9(18)4-7(16)5-11(14)21(12)10-3-1-2-8(17)13(10)19/h1-5H,6H2. The maximum atomic E-state index is 14.0. The molecule has 0 spiro atoms. The molecule has 0 fully saturated rings. The highest BCUT2D eigenvalue weighted by Gasteiger charge is 2.19. The van der Waals surface area contributed by atoms with Crippen LogP contribution >= 0.6 is 11.6 Å². The summed E-state index contributed by atoms with van der Waals surface area (Å²) in [5.41, 5.74) is -0.387. The zero-order valence-corrected chi connectivity index (χ0v) is 11.1. The molecule has 21 heavy (non-hydrogen) atoms. The highest BCUT2D eigenvalue weighted by molar-refractivity contribution is 6.17. The second-order valence-electron chi connectivity index (χ2n) is 4.33. The monoisotopic (exact) mass is 314 g/mol. The number of benzene rings is 2. The number of imidazole rings is 1. The second kappa shape index (κ2) is 5.04. The molecular weight excluding hydrogens is 308 g/mol. The van der Waals surface area contributed by atoms with Crippen LogP contribution in [0.25, 0.3) is 16.7 Å². The molecule has 3 rings (SSSR count). The highest BCUT2D eigenvalue weighted by atomic mass is 35.5. The van der Waals surface area contributed by atoms with Crippen LogP contribution in [-0.4, -0.2) is 9.55 Å². The third-order valence-electron chi connectivity index (χ3n) is 3.04. The molecule has 1 heterocycles. The van der Waals surface area contributed by atoms with Crippen molar-refractivity contribution < 1.29 is 17.6 Å². The van der Waals surface area contributed by atoms with E-state index in [1.54, 1.807) is 0 Å². The minimum absolute atomic E-state index is 0.0207. The fourth-order valence-corrected chi connectivity index (χ4v) is 2.35. The lowest BCUT2D eigenvalue weighted by Crippen LogP contribution is -2.03. The van der Waals surface area contributed by atoms with Gasteiger partial charge in [0.1, 0.15) is 17.2 Å². The number of rotatable bonds is 2. The van der Waals surface area contributed by atoms with Gasteiger partial charge < -0.3 is 0 Å². The van der Waals surface area contributed by atoms with Gasteiger partial charge in [-0.05, 0) is 12.1 Å². The first-order chi connectivity index (χ1) is 10.0. The average Bonchev–Trinajstić information content (AvgIpc) is 2.80. The summed E-state index contributed by atoms with van der Waals surface area (Å²) in [6, 6.07) is 5.16. The van der Waals surface area contributed by atoms with Crippen molar-refractivity contribution in [3.63, 3.8) is 0 Å². The van der Waals surface area contributed by atoms with E-state index >= 15 is 0 Å². The lowest BCUT2D eigenvalue weighted by atomic mass is 10.2. The van der Waals surface area contributed by atoms with E-state index in [-0.39, 0.29) is 28.4 Å². The summed E-state index contributed by atoms with van der Waals surface area (Å²) < 4.78 is 55.6. The number of alkyl halides is 1. The van der Waals surface area contributed by atoms with Crippen molar-refractivity contribution in [2.75, 3.05) is 0 Å². The zero-order valence-electron chi connectivity index (χ0n) is 10.4. The molecule has 0 saturated heterocycles. The molecular formula is C14H7ClF4N2. The maximum Gasteiger partial charge on any atom is 0.182 e. The predicted octanol–water partition coefficient (Wildman–Crippen LogP) is 4.32. The maximum absolute atomic E-state index is 14.0. The first-order valence-corrected chi connectivity index (χ1v) is 6.43. The molecule has 2 aromatic carbocycles. The summed E-state index contributed by atoms with van der Waals surface area (Å²) in [5, 5.41) is 0. The lowest BCUT2D eigenvalue weighted by molar-refractivity contribution is 0.504. The Bertz CT molecular complexity index is 845. The van der Waals surface area contributed by atoms with Crippen LogP contribution in [0.1, 0.15) is 5.82 Å². The van der Waals surface area contributed by atoms with Crippen LogP contribution in [-0.2, 0) is 5.88 Å². The molecule has 0 bridgehead atoms. The van der Waals surface area contributed by atoms with Crippen LogP contribution in [0, 0.1) is 23.3 Å². The van der Waals surface area contributed by atoms with Crippen molar-refractivity contribution in [3.05, 3.63) is 59.4 Å². The molecule has 0 amide bonds. The molecule has 0 radical (unpaired) electrons.